The van der Waals surface area contributed by atoms with Gasteiger partial charge in [0, 0.05) is 26.0 Å². The first-order valence-corrected chi connectivity index (χ1v) is 11.1. The molecule has 0 bridgehead atoms. The molecule has 0 aliphatic heterocycles. The van der Waals surface area contributed by atoms with E-state index in [0.717, 1.165) is 35.1 Å². The van der Waals surface area contributed by atoms with E-state index in [-0.39, 0.29) is 31.4 Å². The van der Waals surface area contributed by atoms with Gasteiger partial charge in [-0.15, -0.1) is 0 Å². The largest absolute Gasteiger partial charge is 0.480 e. The third-order valence-electron chi connectivity index (χ3n) is 6.25. The number of fused-ring (bicyclic) bond motifs is 3. The van der Waals surface area contributed by atoms with Crippen molar-refractivity contribution in [2.75, 3.05) is 20.3 Å². The van der Waals surface area contributed by atoms with Crippen molar-refractivity contribution in [3.63, 3.8) is 0 Å². The fraction of sp³-hybridized carbons (Fsp3) is 0.400. The molecule has 2 amide bonds. The number of benzene rings is 2. The molecule has 4 rings (SSSR count). The van der Waals surface area contributed by atoms with Gasteiger partial charge < -0.3 is 25.2 Å². The number of carboxylic acid groups (broad SMARTS) is 1. The van der Waals surface area contributed by atoms with Crippen LogP contribution in [0.3, 0.4) is 0 Å². The molecule has 0 spiro atoms. The van der Waals surface area contributed by atoms with Gasteiger partial charge in [-0.25, -0.2) is 9.59 Å². The van der Waals surface area contributed by atoms with Crippen molar-refractivity contribution in [3.05, 3.63) is 59.7 Å². The smallest absolute Gasteiger partial charge is 0.407 e. The summed E-state index contributed by atoms with van der Waals surface area (Å²) < 4.78 is 10.7. The van der Waals surface area contributed by atoms with Crippen molar-refractivity contribution < 1.29 is 29.0 Å². The van der Waals surface area contributed by atoms with Gasteiger partial charge in [0.25, 0.3) is 0 Å². The van der Waals surface area contributed by atoms with Gasteiger partial charge in [0.05, 0.1) is 0 Å². The zero-order chi connectivity index (χ0) is 23.4. The van der Waals surface area contributed by atoms with E-state index in [0.29, 0.717) is 0 Å². The molecule has 8 nitrogen and oxygen atoms in total. The molecule has 2 aromatic rings. The van der Waals surface area contributed by atoms with Gasteiger partial charge in [0.2, 0.25) is 5.91 Å². The molecule has 2 aromatic carbocycles. The van der Waals surface area contributed by atoms with Crippen LogP contribution in [0, 0.1) is 5.92 Å². The summed E-state index contributed by atoms with van der Waals surface area (Å²) in [4.78, 5) is 36.0. The molecule has 0 radical (unpaired) electrons. The Kier molecular flexibility index (Phi) is 6.93. The molecule has 2 aliphatic rings. The Bertz CT molecular complexity index is 990. The highest BCUT2D eigenvalue weighted by molar-refractivity contribution is 5.86. The van der Waals surface area contributed by atoms with Crippen molar-refractivity contribution in [1.82, 2.24) is 10.6 Å². The van der Waals surface area contributed by atoms with Gasteiger partial charge in [0.1, 0.15) is 18.8 Å². The Morgan fingerprint density at radius 3 is 2.18 bits per heavy atom. The van der Waals surface area contributed by atoms with E-state index in [4.69, 9.17) is 9.47 Å². The van der Waals surface area contributed by atoms with Gasteiger partial charge in [-0.3, -0.25) is 4.79 Å². The first-order chi connectivity index (χ1) is 16.0. The van der Waals surface area contributed by atoms with Gasteiger partial charge in [-0.2, -0.15) is 0 Å². The molecule has 0 saturated heterocycles. The Hall–Kier alpha value is -3.39. The Morgan fingerprint density at radius 1 is 1.03 bits per heavy atom. The Labute approximate surface area is 192 Å². The molecule has 2 aliphatic carbocycles. The third-order valence-corrected chi connectivity index (χ3v) is 6.25. The number of ether oxygens (including phenoxy) is 2. The molecule has 8 heteroatoms. The zero-order valence-corrected chi connectivity index (χ0v) is 18.5. The van der Waals surface area contributed by atoms with Crippen molar-refractivity contribution in [2.24, 2.45) is 5.92 Å². The highest BCUT2D eigenvalue weighted by Crippen LogP contribution is 2.44. The number of hydrogen-bond donors (Lipinski definition) is 3. The molecular weight excluding hydrogens is 424 g/mol. The number of hydrogen-bond acceptors (Lipinski definition) is 5. The zero-order valence-electron chi connectivity index (χ0n) is 18.5. The van der Waals surface area contributed by atoms with E-state index in [1.54, 1.807) is 0 Å². The second-order valence-corrected chi connectivity index (χ2v) is 8.43. The number of carbonyl (C=O) groups excluding carboxylic acids is 2. The van der Waals surface area contributed by atoms with Gasteiger partial charge >= 0.3 is 12.1 Å². The Balaban J connectivity index is 1.26. The first-order valence-electron chi connectivity index (χ1n) is 11.1. The fourth-order valence-electron chi connectivity index (χ4n) is 4.37. The summed E-state index contributed by atoms with van der Waals surface area (Å²) in [5, 5.41) is 14.5. The molecular formula is C25H28N2O6. The second kappa shape index (κ2) is 10.0. The minimum absolute atomic E-state index is 0.0251. The molecule has 0 heterocycles. The maximum atomic E-state index is 12.4. The van der Waals surface area contributed by atoms with Crippen LogP contribution in [-0.2, 0) is 19.1 Å². The predicted molar refractivity (Wildman–Crippen MR) is 121 cm³/mol. The predicted octanol–water partition coefficient (Wildman–Crippen LogP) is 2.91. The average Bonchev–Trinajstić information content (AvgIpc) is 3.61. The number of methoxy groups -OCH3 is 1. The van der Waals surface area contributed by atoms with Crippen LogP contribution in [0.5, 0.6) is 0 Å². The number of rotatable bonds is 10. The lowest BCUT2D eigenvalue weighted by atomic mass is 9.98. The second-order valence-electron chi connectivity index (χ2n) is 8.43. The SMILES string of the molecule is COC(CCNC(=O)OCC1c2ccccc2-c2ccccc21)C(=O)NC(C(=O)O)C1CC1. The summed E-state index contributed by atoms with van der Waals surface area (Å²) in [5.41, 5.74) is 4.57. The van der Waals surface area contributed by atoms with Crippen LogP contribution in [0.1, 0.15) is 36.3 Å². The molecule has 0 aromatic heterocycles. The van der Waals surface area contributed by atoms with E-state index in [9.17, 15) is 19.5 Å². The minimum atomic E-state index is -1.04. The van der Waals surface area contributed by atoms with Crippen molar-refractivity contribution in [1.29, 1.82) is 0 Å². The first kappa shape index (κ1) is 22.8. The highest BCUT2D eigenvalue weighted by Gasteiger charge is 2.38. The number of alkyl carbamates (subject to hydrolysis) is 1. The summed E-state index contributed by atoms with van der Waals surface area (Å²) in [6.07, 6.45) is 0.341. The number of carboxylic acids is 1. The normalized spacial score (nSPS) is 16.3. The lowest BCUT2D eigenvalue weighted by molar-refractivity contribution is -0.144. The van der Waals surface area contributed by atoms with Crippen LogP contribution in [0.2, 0.25) is 0 Å². The lowest BCUT2D eigenvalue weighted by Gasteiger charge is -2.19. The summed E-state index contributed by atoms with van der Waals surface area (Å²) >= 11 is 0. The van der Waals surface area contributed by atoms with Crippen LogP contribution in [0.15, 0.2) is 48.5 Å². The number of carbonyl (C=O) groups is 3. The molecule has 2 unspecified atom stereocenters. The van der Waals surface area contributed by atoms with E-state index in [1.165, 1.54) is 7.11 Å². The summed E-state index contributed by atoms with van der Waals surface area (Å²) in [6.45, 7) is 0.361. The van der Waals surface area contributed by atoms with E-state index < -0.39 is 30.1 Å². The molecule has 1 fully saturated rings. The molecule has 2 atom stereocenters. The molecule has 1 saturated carbocycles. The summed E-state index contributed by atoms with van der Waals surface area (Å²) in [5.74, 6) is -1.59. The maximum Gasteiger partial charge on any atom is 0.407 e. The third kappa shape index (κ3) is 5.17. The quantitative estimate of drug-likeness (QED) is 0.511. The van der Waals surface area contributed by atoms with E-state index >= 15 is 0 Å². The monoisotopic (exact) mass is 452 g/mol. The molecule has 174 valence electrons. The van der Waals surface area contributed by atoms with Gasteiger partial charge in [-0.05, 0) is 41.0 Å². The Morgan fingerprint density at radius 2 is 1.64 bits per heavy atom. The molecule has 33 heavy (non-hydrogen) atoms. The number of nitrogens with one attached hydrogen (secondary N) is 2. The van der Waals surface area contributed by atoms with Crippen LogP contribution < -0.4 is 10.6 Å². The van der Waals surface area contributed by atoms with Crippen molar-refractivity contribution in [2.45, 2.75) is 37.3 Å². The van der Waals surface area contributed by atoms with E-state index in [1.807, 2.05) is 24.3 Å². The van der Waals surface area contributed by atoms with Crippen molar-refractivity contribution >= 4 is 18.0 Å². The standard InChI is InChI=1S/C25H28N2O6/c1-32-21(23(28)27-22(24(29)30)15-10-11-15)12-13-26-25(31)33-14-20-18-8-4-2-6-16(18)17-7-3-5-9-19(17)20/h2-9,15,20-22H,10-14H2,1H3,(H,26,31)(H,27,28)(H,29,30). The summed E-state index contributed by atoms with van der Waals surface area (Å²) in [6, 6.07) is 15.3. The fourth-order valence-corrected chi connectivity index (χ4v) is 4.37. The van der Waals surface area contributed by atoms with Crippen LogP contribution in [-0.4, -0.2) is 55.5 Å². The number of amides is 2. The maximum absolute atomic E-state index is 12.4. The number of aliphatic carboxylic acids is 1. The average molecular weight is 453 g/mol. The van der Waals surface area contributed by atoms with Gasteiger partial charge in [0.15, 0.2) is 0 Å². The summed E-state index contributed by atoms with van der Waals surface area (Å²) in [7, 11) is 1.38. The topological polar surface area (TPSA) is 114 Å². The molecule has 3 N–H and O–H groups in total. The van der Waals surface area contributed by atoms with Crippen LogP contribution in [0.4, 0.5) is 4.79 Å². The lowest BCUT2D eigenvalue weighted by Crippen LogP contribution is -2.48. The van der Waals surface area contributed by atoms with Crippen LogP contribution >= 0.6 is 0 Å². The van der Waals surface area contributed by atoms with E-state index in [2.05, 4.69) is 34.9 Å². The van der Waals surface area contributed by atoms with Crippen molar-refractivity contribution in [3.8, 4) is 11.1 Å². The van der Waals surface area contributed by atoms with Gasteiger partial charge in [-0.1, -0.05) is 48.5 Å². The highest BCUT2D eigenvalue weighted by atomic mass is 16.5. The minimum Gasteiger partial charge on any atom is -0.480 e. The van der Waals surface area contributed by atoms with Crippen LogP contribution in [0.25, 0.3) is 11.1 Å².